The van der Waals surface area contributed by atoms with E-state index in [0.717, 1.165) is 5.56 Å². The molecule has 5 heteroatoms. The van der Waals surface area contributed by atoms with Gasteiger partial charge in [-0.15, -0.1) is 0 Å². The summed E-state index contributed by atoms with van der Waals surface area (Å²) in [5.41, 5.74) is 0.794. The zero-order valence-corrected chi connectivity index (χ0v) is 12.6. The van der Waals surface area contributed by atoms with Crippen LogP contribution in [0.3, 0.4) is 0 Å². The Bertz CT molecular complexity index is 474. The molecule has 0 heterocycles. The van der Waals surface area contributed by atoms with Crippen LogP contribution in [-0.2, 0) is 16.0 Å². The quantitative estimate of drug-likeness (QED) is 0.842. The van der Waals surface area contributed by atoms with Gasteiger partial charge in [0.1, 0.15) is 0 Å². The smallest absolute Gasteiger partial charge is 0.303 e. The molecule has 110 valence electrons. The minimum Gasteiger partial charge on any atom is -0.481 e. The minimum atomic E-state index is -0.841. The van der Waals surface area contributed by atoms with E-state index in [1.54, 1.807) is 11.0 Å². The van der Waals surface area contributed by atoms with Gasteiger partial charge in [-0.2, -0.15) is 0 Å². The Labute approximate surface area is 124 Å². The molecule has 0 aliphatic heterocycles. The van der Waals surface area contributed by atoms with E-state index in [-0.39, 0.29) is 24.8 Å². The van der Waals surface area contributed by atoms with E-state index in [1.807, 2.05) is 32.0 Å². The maximum absolute atomic E-state index is 12.3. The van der Waals surface area contributed by atoms with Crippen molar-refractivity contribution in [3.05, 3.63) is 34.9 Å². The molecule has 0 spiro atoms. The highest BCUT2D eigenvalue weighted by Gasteiger charge is 2.18. The minimum absolute atomic E-state index is 0.0292. The topological polar surface area (TPSA) is 57.6 Å². The van der Waals surface area contributed by atoms with Crippen LogP contribution in [-0.4, -0.2) is 34.5 Å². The van der Waals surface area contributed by atoms with Crippen molar-refractivity contribution in [1.82, 2.24) is 4.90 Å². The van der Waals surface area contributed by atoms with Gasteiger partial charge in [0, 0.05) is 24.0 Å². The van der Waals surface area contributed by atoms with Gasteiger partial charge in [0.25, 0.3) is 0 Å². The van der Waals surface area contributed by atoms with Crippen molar-refractivity contribution in [2.45, 2.75) is 39.2 Å². The predicted octanol–water partition coefficient (Wildman–Crippen LogP) is 2.98. The number of hydrogen-bond acceptors (Lipinski definition) is 2. The van der Waals surface area contributed by atoms with Crippen molar-refractivity contribution in [2.75, 3.05) is 6.54 Å². The molecule has 0 unspecified atom stereocenters. The Morgan fingerprint density at radius 2 is 1.95 bits per heavy atom. The maximum atomic E-state index is 12.3. The summed E-state index contributed by atoms with van der Waals surface area (Å²) in [6.45, 7) is 4.30. The fourth-order valence-electron chi connectivity index (χ4n) is 1.98. The standard InChI is InChI=1S/C15H20ClNO3/c1-11(2)17(9-5-8-15(19)20)14(18)10-12-6-3-4-7-13(12)16/h3-4,6-7,11H,5,8-10H2,1-2H3,(H,19,20). The molecular formula is C15H20ClNO3. The molecule has 1 aromatic rings. The van der Waals surface area contributed by atoms with Crippen LogP contribution in [0.25, 0.3) is 0 Å². The van der Waals surface area contributed by atoms with E-state index < -0.39 is 5.97 Å². The lowest BCUT2D eigenvalue weighted by atomic mass is 10.1. The molecule has 0 aliphatic carbocycles. The first-order chi connectivity index (χ1) is 9.41. The summed E-state index contributed by atoms with van der Waals surface area (Å²) >= 11 is 6.05. The number of nitrogens with zero attached hydrogens (tertiary/aromatic N) is 1. The Hall–Kier alpha value is -1.55. The third-order valence-electron chi connectivity index (χ3n) is 3.03. The van der Waals surface area contributed by atoms with Crippen LogP contribution < -0.4 is 0 Å². The van der Waals surface area contributed by atoms with E-state index >= 15 is 0 Å². The molecule has 0 aromatic heterocycles. The number of halogens is 1. The van der Waals surface area contributed by atoms with Gasteiger partial charge in [-0.25, -0.2) is 0 Å². The summed E-state index contributed by atoms with van der Waals surface area (Å²) < 4.78 is 0. The Balaban J connectivity index is 2.65. The summed E-state index contributed by atoms with van der Waals surface area (Å²) in [5, 5.41) is 9.23. The second-order valence-corrected chi connectivity index (χ2v) is 5.35. The highest BCUT2D eigenvalue weighted by molar-refractivity contribution is 6.31. The molecule has 0 aliphatic rings. The lowest BCUT2D eigenvalue weighted by molar-refractivity contribution is -0.138. The number of carboxylic acid groups (broad SMARTS) is 1. The first kappa shape index (κ1) is 16.5. The van der Waals surface area contributed by atoms with E-state index in [9.17, 15) is 9.59 Å². The van der Waals surface area contributed by atoms with Crippen molar-refractivity contribution in [2.24, 2.45) is 0 Å². The lowest BCUT2D eigenvalue weighted by Crippen LogP contribution is -2.38. The Morgan fingerprint density at radius 1 is 1.30 bits per heavy atom. The van der Waals surface area contributed by atoms with Gasteiger partial charge >= 0.3 is 5.97 Å². The van der Waals surface area contributed by atoms with Gasteiger partial charge in [-0.05, 0) is 31.9 Å². The van der Waals surface area contributed by atoms with Crippen LogP contribution in [0.5, 0.6) is 0 Å². The highest BCUT2D eigenvalue weighted by atomic mass is 35.5. The van der Waals surface area contributed by atoms with Crippen molar-refractivity contribution < 1.29 is 14.7 Å². The third-order valence-corrected chi connectivity index (χ3v) is 3.40. The molecule has 20 heavy (non-hydrogen) atoms. The van der Waals surface area contributed by atoms with Crippen molar-refractivity contribution in [3.8, 4) is 0 Å². The number of carbonyl (C=O) groups excluding carboxylic acids is 1. The number of rotatable bonds is 7. The highest BCUT2D eigenvalue weighted by Crippen LogP contribution is 2.17. The van der Waals surface area contributed by atoms with Gasteiger partial charge in [0.2, 0.25) is 5.91 Å². The Morgan fingerprint density at radius 3 is 2.50 bits per heavy atom. The number of aliphatic carboxylic acids is 1. The first-order valence-corrected chi connectivity index (χ1v) is 7.04. The largest absolute Gasteiger partial charge is 0.481 e. The van der Waals surface area contributed by atoms with Gasteiger partial charge in [0.05, 0.1) is 6.42 Å². The molecule has 4 nitrogen and oxygen atoms in total. The molecule has 0 atom stereocenters. The van der Waals surface area contributed by atoms with Crippen molar-refractivity contribution in [1.29, 1.82) is 0 Å². The van der Waals surface area contributed by atoms with Crippen LogP contribution in [0.2, 0.25) is 5.02 Å². The zero-order valence-electron chi connectivity index (χ0n) is 11.8. The molecule has 1 aromatic carbocycles. The SMILES string of the molecule is CC(C)N(CCCC(=O)O)C(=O)Cc1ccccc1Cl. The average Bonchev–Trinajstić information content (AvgIpc) is 2.36. The number of amides is 1. The molecule has 1 rings (SSSR count). The van der Waals surface area contributed by atoms with Crippen molar-refractivity contribution >= 4 is 23.5 Å². The number of benzene rings is 1. The van der Waals surface area contributed by atoms with Crippen LogP contribution in [0.1, 0.15) is 32.3 Å². The molecule has 0 radical (unpaired) electrons. The maximum Gasteiger partial charge on any atom is 0.303 e. The fourth-order valence-corrected chi connectivity index (χ4v) is 2.18. The van der Waals surface area contributed by atoms with E-state index in [0.29, 0.717) is 18.0 Å². The molecule has 0 saturated carbocycles. The summed E-state index contributed by atoms with van der Waals surface area (Å²) in [7, 11) is 0. The number of hydrogen-bond donors (Lipinski definition) is 1. The molecule has 0 saturated heterocycles. The number of carboxylic acids is 1. The molecule has 1 amide bonds. The molecule has 1 N–H and O–H groups in total. The average molecular weight is 298 g/mol. The van der Waals surface area contributed by atoms with E-state index in [1.165, 1.54) is 0 Å². The molecule has 0 fully saturated rings. The first-order valence-electron chi connectivity index (χ1n) is 6.66. The molecule has 0 bridgehead atoms. The normalized spacial score (nSPS) is 10.6. The number of carbonyl (C=O) groups is 2. The fraction of sp³-hybridized carbons (Fsp3) is 0.467. The van der Waals surface area contributed by atoms with Gasteiger partial charge in [-0.1, -0.05) is 29.8 Å². The monoisotopic (exact) mass is 297 g/mol. The predicted molar refractivity (Wildman–Crippen MR) is 78.9 cm³/mol. The van der Waals surface area contributed by atoms with Crippen LogP contribution in [0, 0.1) is 0 Å². The van der Waals surface area contributed by atoms with Gasteiger partial charge in [-0.3, -0.25) is 9.59 Å². The van der Waals surface area contributed by atoms with Crippen LogP contribution >= 0.6 is 11.6 Å². The summed E-state index contributed by atoms with van der Waals surface area (Å²) in [6, 6.07) is 7.30. The lowest BCUT2D eigenvalue weighted by Gasteiger charge is -2.27. The van der Waals surface area contributed by atoms with Gasteiger partial charge < -0.3 is 10.0 Å². The second kappa shape index (κ2) is 7.90. The molecular weight excluding hydrogens is 278 g/mol. The second-order valence-electron chi connectivity index (χ2n) is 4.95. The van der Waals surface area contributed by atoms with E-state index in [4.69, 9.17) is 16.7 Å². The summed E-state index contributed by atoms with van der Waals surface area (Å²) in [6.07, 6.45) is 0.773. The Kier molecular flexibility index (Phi) is 6.52. The third kappa shape index (κ3) is 5.21. The van der Waals surface area contributed by atoms with Gasteiger partial charge in [0.15, 0.2) is 0 Å². The van der Waals surface area contributed by atoms with Crippen LogP contribution in [0.4, 0.5) is 0 Å². The summed E-state index contributed by atoms with van der Waals surface area (Å²) in [5.74, 6) is -0.870. The summed E-state index contributed by atoms with van der Waals surface area (Å²) in [4.78, 5) is 24.5. The van der Waals surface area contributed by atoms with Crippen LogP contribution in [0.15, 0.2) is 24.3 Å². The van der Waals surface area contributed by atoms with E-state index in [2.05, 4.69) is 0 Å². The van der Waals surface area contributed by atoms with Crippen molar-refractivity contribution in [3.63, 3.8) is 0 Å². The zero-order chi connectivity index (χ0) is 15.1.